The molecule has 1 aromatic rings. The minimum absolute atomic E-state index is 0.0451. The molecule has 2 N–H and O–H groups in total. The number of hydrogen-bond donors (Lipinski definition) is 2. The molecular formula is C15H23FN2O2S. The summed E-state index contributed by atoms with van der Waals surface area (Å²) in [7, 11) is -3.66. The van der Waals surface area contributed by atoms with Crippen LogP contribution in [-0.4, -0.2) is 21.5 Å². The van der Waals surface area contributed by atoms with Crippen LogP contribution in [0.15, 0.2) is 17.0 Å². The molecule has 0 heterocycles. The molecule has 0 bridgehead atoms. The van der Waals surface area contributed by atoms with Crippen molar-refractivity contribution in [1.29, 1.82) is 0 Å². The van der Waals surface area contributed by atoms with Crippen LogP contribution >= 0.6 is 0 Å². The topological polar surface area (TPSA) is 58.2 Å². The molecule has 0 aliphatic heterocycles. The third kappa shape index (κ3) is 4.02. The minimum Gasteiger partial charge on any atom is -0.313 e. The fourth-order valence-corrected chi connectivity index (χ4v) is 3.73. The maximum absolute atomic E-state index is 14.0. The van der Waals surface area contributed by atoms with E-state index < -0.39 is 15.8 Å². The van der Waals surface area contributed by atoms with Crippen molar-refractivity contribution in [2.45, 2.75) is 38.6 Å². The van der Waals surface area contributed by atoms with E-state index in [1.165, 1.54) is 13.0 Å². The summed E-state index contributed by atoms with van der Waals surface area (Å²) in [6, 6.07) is 2.94. The summed E-state index contributed by atoms with van der Waals surface area (Å²) in [6.45, 7) is 7.18. The lowest BCUT2D eigenvalue weighted by molar-refractivity contribution is 0.567. The largest absolute Gasteiger partial charge is 0.313 e. The molecule has 6 heteroatoms. The van der Waals surface area contributed by atoms with Gasteiger partial charge in [-0.15, -0.1) is 0 Å². The van der Waals surface area contributed by atoms with Gasteiger partial charge >= 0.3 is 0 Å². The van der Waals surface area contributed by atoms with E-state index in [-0.39, 0.29) is 10.5 Å². The van der Waals surface area contributed by atoms with Crippen molar-refractivity contribution in [2.24, 2.45) is 11.8 Å². The van der Waals surface area contributed by atoms with Crippen molar-refractivity contribution in [3.05, 3.63) is 29.1 Å². The Kier molecular flexibility index (Phi) is 5.01. The summed E-state index contributed by atoms with van der Waals surface area (Å²) < 4.78 is 41.3. The summed E-state index contributed by atoms with van der Waals surface area (Å²) in [5.74, 6) is 0.506. The Balaban J connectivity index is 2.21. The maximum Gasteiger partial charge on any atom is 0.240 e. The molecule has 2 rings (SSSR count). The molecule has 1 fully saturated rings. The standard InChI is InChI=1S/C15H23FN2O2S/c1-4-17-8-12-6-14(16)11(3)15(7-12)21(19,20)18-9-13-5-10(13)2/h6-7,10,13,17-18H,4-5,8-9H2,1-3H3. The van der Waals surface area contributed by atoms with E-state index >= 15 is 0 Å². The first kappa shape index (κ1) is 16.4. The van der Waals surface area contributed by atoms with Gasteiger partial charge in [0.25, 0.3) is 0 Å². The molecule has 4 nitrogen and oxygen atoms in total. The number of benzene rings is 1. The predicted molar refractivity (Wildman–Crippen MR) is 81.0 cm³/mol. The lowest BCUT2D eigenvalue weighted by Gasteiger charge is -2.12. The van der Waals surface area contributed by atoms with E-state index in [2.05, 4.69) is 17.0 Å². The molecule has 0 saturated heterocycles. The van der Waals surface area contributed by atoms with Gasteiger partial charge in [-0.3, -0.25) is 0 Å². The van der Waals surface area contributed by atoms with Crippen molar-refractivity contribution in [3.63, 3.8) is 0 Å². The molecule has 21 heavy (non-hydrogen) atoms. The SMILES string of the molecule is CCNCc1cc(F)c(C)c(S(=O)(=O)NCC2CC2C)c1. The molecule has 2 atom stereocenters. The minimum atomic E-state index is -3.66. The second-order valence-electron chi connectivity index (χ2n) is 5.81. The Morgan fingerprint density at radius 1 is 1.38 bits per heavy atom. The van der Waals surface area contributed by atoms with Gasteiger partial charge in [0.15, 0.2) is 0 Å². The molecule has 1 aliphatic rings. The first-order chi connectivity index (χ1) is 9.85. The fraction of sp³-hybridized carbons (Fsp3) is 0.600. The number of hydrogen-bond acceptors (Lipinski definition) is 3. The molecule has 1 aromatic carbocycles. The van der Waals surface area contributed by atoms with E-state index in [1.807, 2.05) is 6.92 Å². The molecular weight excluding hydrogens is 291 g/mol. The van der Waals surface area contributed by atoms with Crippen LogP contribution in [0.5, 0.6) is 0 Å². The second kappa shape index (κ2) is 6.42. The average Bonchev–Trinajstić information content (AvgIpc) is 3.13. The Bertz CT molecular complexity index is 616. The highest BCUT2D eigenvalue weighted by molar-refractivity contribution is 7.89. The molecule has 0 amide bonds. The Morgan fingerprint density at radius 3 is 2.62 bits per heavy atom. The fourth-order valence-electron chi connectivity index (χ4n) is 2.34. The summed E-state index contributed by atoms with van der Waals surface area (Å²) in [5, 5.41) is 3.07. The highest BCUT2D eigenvalue weighted by Crippen LogP contribution is 2.37. The van der Waals surface area contributed by atoms with E-state index in [4.69, 9.17) is 0 Å². The predicted octanol–water partition coefficient (Wildman–Crippen LogP) is 2.18. The van der Waals surface area contributed by atoms with E-state index in [0.29, 0.717) is 30.5 Å². The van der Waals surface area contributed by atoms with Crippen molar-refractivity contribution >= 4 is 10.0 Å². The lowest BCUT2D eigenvalue weighted by Crippen LogP contribution is -2.27. The summed E-state index contributed by atoms with van der Waals surface area (Å²) in [5.41, 5.74) is 0.812. The van der Waals surface area contributed by atoms with Crippen molar-refractivity contribution in [1.82, 2.24) is 10.0 Å². The van der Waals surface area contributed by atoms with Gasteiger partial charge in [0, 0.05) is 18.7 Å². The van der Waals surface area contributed by atoms with Crippen LogP contribution in [0.4, 0.5) is 4.39 Å². The van der Waals surface area contributed by atoms with Crippen LogP contribution in [0.25, 0.3) is 0 Å². The number of rotatable bonds is 7. The Labute approximate surface area is 126 Å². The van der Waals surface area contributed by atoms with Gasteiger partial charge in [-0.25, -0.2) is 17.5 Å². The summed E-state index contributed by atoms with van der Waals surface area (Å²) in [6.07, 6.45) is 1.05. The van der Waals surface area contributed by atoms with Crippen LogP contribution in [0, 0.1) is 24.6 Å². The van der Waals surface area contributed by atoms with Crippen molar-refractivity contribution in [2.75, 3.05) is 13.1 Å². The summed E-state index contributed by atoms with van der Waals surface area (Å²) in [4.78, 5) is 0.0451. The van der Waals surface area contributed by atoms with Gasteiger partial charge in [0.05, 0.1) is 4.90 Å². The molecule has 0 aromatic heterocycles. The van der Waals surface area contributed by atoms with Gasteiger partial charge < -0.3 is 5.32 Å². The molecule has 1 aliphatic carbocycles. The van der Waals surface area contributed by atoms with E-state index in [0.717, 1.165) is 13.0 Å². The smallest absolute Gasteiger partial charge is 0.240 e. The van der Waals surface area contributed by atoms with E-state index in [1.54, 1.807) is 6.07 Å². The number of nitrogens with one attached hydrogen (secondary N) is 2. The number of halogens is 1. The van der Waals surface area contributed by atoms with Crippen molar-refractivity contribution < 1.29 is 12.8 Å². The van der Waals surface area contributed by atoms with Gasteiger partial charge in [-0.2, -0.15) is 0 Å². The average molecular weight is 314 g/mol. The molecule has 1 saturated carbocycles. The highest BCUT2D eigenvalue weighted by Gasteiger charge is 2.33. The molecule has 0 spiro atoms. The van der Waals surface area contributed by atoms with Crippen LogP contribution in [0.3, 0.4) is 0 Å². The van der Waals surface area contributed by atoms with Crippen LogP contribution < -0.4 is 10.0 Å². The lowest BCUT2D eigenvalue weighted by atomic mass is 10.1. The Hall–Kier alpha value is -0.980. The third-order valence-electron chi connectivity index (χ3n) is 4.04. The Morgan fingerprint density at radius 2 is 2.05 bits per heavy atom. The van der Waals surface area contributed by atoms with Crippen LogP contribution in [0.1, 0.15) is 31.4 Å². The van der Waals surface area contributed by atoms with E-state index in [9.17, 15) is 12.8 Å². The first-order valence-corrected chi connectivity index (χ1v) is 8.83. The van der Waals surface area contributed by atoms with Gasteiger partial charge in [0.2, 0.25) is 10.0 Å². The number of sulfonamides is 1. The third-order valence-corrected chi connectivity index (χ3v) is 5.59. The maximum atomic E-state index is 14.0. The first-order valence-electron chi connectivity index (χ1n) is 7.34. The van der Waals surface area contributed by atoms with Crippen LogP contribution in [0.2, 0.25) is 0 Å². The molecule has 118 valence electrons. The van der Waals surface area contributed by atoms with Crippen molar-refractivity contribution in [3.8, 4) is 0 Å². The molecule has 0 radical (unpaired) electrons. The monoisotopic (exact) mass is 314 g/mol. The normalized spacial score (nSPS) is 21.5. The quantitative estimate of drug-likeness (QED) is 0.811. The zero-order valence-corrected chi connectivity index (χ0v) is 13.6. The zero-order valence-electron chi connectivity index (χ0n) is 12.7. The van der Waals surface area contributed by atoms with Gasteiger partial charge in [0.1, 0.15) is 5.82 Å². The second-order valence-corrected chi connectivity index (χ2v) is 7.54. The van der Waals surface area contributed by atoms with Gasteiger partial charge in [-0.1, -0.05) is 13.8 Å². The van der Waals surface area contributed by atoms with Crippen LogP contribution in [-0.2, 0) is 16.6 Å². The highest BCUT2D eigenvalue weighted by atomic mass is 32.2. The summed E-state index contributed by atoms with van der Waals surface area (Å²) >= 11 is 0. The molecule has 2 unspecified atom stereocenters. The zero-order chi connectivity index (χ0) is 15.6. The van der Waals surface area contributed by atoms with Gasteiger partial charge in [-0.05, 0) is 49.4 Å².